The van der Waals surface area contributed by atoms with Crippen LogP contribution < -0.4 is 25.7 Å². The predicted octanol–water partition coefficient (Wildman–Crippen LogP) is 0.484. The third-order valence-corrected chi connectivity index (χ3v) is 5.85. The van der Waals surface area contributed by atoms with Crippen molar-refractivity contribution in [1.29, 1.82) is 0 Å². The highest BCUT2D eigenvalue weighted by Crippen LogP contribution is 2.37. The minimum Gasteiger partial charge on any atom is -0.327 e. The van der Waals surface area contributed by atoms with E-state index >= 15 is 0 Å². The molecule has 0 saturated carbocycles. The Morgan fingerprint density at radius 2 is 1.73 bits per heavy atom. The van der Waals surface area contributed by atoms with Gasteiger partial charge in [0.05, 0.1) is 22.3 Å². The van der Waals surface area contributed by atoms with Gasteiger partial charge in [-0.25, -0.2) is 18.5 Å². The molecule has 1 amide bonds. The number of hydrogen-bond donors (Lipinski definition) is 2. The third kappa shape index (κ3) is 3.48. The summed E-state index contributed by atoms with van der Waals surface area (Å²) in [6.45, 7) is 0. The number of hydrogen-bond acceptors (Lipinski definition) is 7. The molecule has 2 heterocycles. The van der Waals surface area contributed by atoms with Crippen LogP contribution in [0.15, 0.2) is 53.6 Å². The van der Waals surface area contributed by atoms with Gasteiger partial charge in [0.15, 0.2) is 5.82 Å². The first-order chi connectivity index (χ1) is 14.1. The van der Waals surface area contributed by atoms with E-state index < -0.39 is 10.0 Å². The van der Waals surface area contributed by atoms with Crippen molar-refractivity contribution >= 4 is 58.1 Å². The Balaban J connectivity index is 1.73. The van der Waals surface area contributed by atoms with E-state index in [1.165, 1.54) is 17.0 Å². The lowest BCUT2D eigenvalue weighted by molar-refractivity contribution is 0.0994. The summed E-state index contributed by atoms with van der Waals surface area (Å²) in [5, 5.41) is 8.18. The number of nitrogens with two attached hydrogens (primary N) is 1. The largest absolute Gasteiger partial charge is 0.327 e. The van der Waals surface area contributed by atoms with Gasteiger partial charge in [0.2, 0.25) is 16.0 Å². The van der Waals surface area contributed by atoms with Crippen LogP contribution in [0.2, 0.25) is 0 Å². The molecule has 30 heavy (non-hydrogen) atoms. The summed E-state index contributed by atoms with van der Waals surface area (Å²) in [4.78, 5) is 25.2. The summed E-state index contributed by atoms with van der Waals surface area (Å²) in [7, 11) is 1.74. The number of amides is 1. The maximum absolute atomic E-state index is 12.9. The quantitative estimate of drug-likeness (QED) is 0.589. The second kappa shape index (κ2) is 7.11. The van der Waals surface area contributed by atoms with Crippen LogP contribution in [0.5, 0.6) is 0 Å². The number of benzene rings is 2. The number of nitrogens with one attached hydrogen (secondary N) is 1. The van der Waals surface area contributed by atoms with Crippen molar-refractivity contribution in [3.63, 3.8) is 0 Å². The van der Waals surface area contributed by atoms with Crippen LogP contribution in [-0.4, -0.2) is 46.2 Å². The molecular formula is C19H19BN6O3S. The molecule has 9 nitrogen and oxygen atoms in total. The van der Waals surface area contributed by atoms with Gasteiger partial charge in [-0.3, -0.25) is 4.79 Å². The Kier molecular flexibility index (Phi) is 4.71. The zero-order chi connectivity index (χ0) is 21.6. The van der Waals surface area contributed by atoms with Crippen molar-refractivity contribution < 1.29 is 13.2 Å². The summed E-state index contributed by atoms with van der Waals surface area (Å²) in [5.41, 5.74) is 3.54. The van der Waals surface area contributed by atoms with Crippen LogP contribution in [-0.2, 0) is 10.0 Å². The van der Waals surface area contributed by atoms with Crippen molar-refractivity contribution in [3.05, 3.63) is 54.2 Å². The van der Waals surface area contributed by atoms with Crippen LogP contribution in [0.1, 0.15) is 10.4 Å². The molecule has 152 valence electrons. The van der Waals surface area contributed by atoms with Gasteiger partial charge < -0.3 is 15.1 Å². The van der Waals surface area contributed by atoms with Crippen molar-refractivity contribution in [2.75, 3.05) is 29.2 Å². The van der Waals surface area contributed by atoms with E-state index in [9.17, 15) is 13.2 Å². The molecule has 0 radical (unpaired) electrons. The fourth-order valence-corrected chi connectivity index (χ4v) is 3.79. The average molecular weight is 422 g/mol. The lowest BCUT2D eigenvalue weighted by Crippen LogP contribution is -2.26. The number of rotatable bonds is 3. The summed E-state index contributed by atoms with van der Waals surface area (Å²) < 4.78 is 22.8. The first-order valence-corrected chi connectivity index (χ1v) is 10.6. The molecule has 1 aromatic heterocycles. The van der Waals surface area contributed by atoms with E-state index in [4.69, 9.17) is 5.14 Å². The van der Waals surface area contributed by atoms with Crippen molar-refractivity contribution in [2.45, 2.75) is 4.90 Å². The summed E-state index contributed by atoms with van der Waals surface area (Å²) in [6, 6.07) is 11.6. The van der Waals surface area contributed by atoms with Crippen LogP contribution in [0, 0.1) is 0 Å². The smallest absolute Gasteiger partial charge is 0.260 e. The van der Waals surface area contributed by atoms with Gasteiger partial charge in [0, 0.05) is 19.8 Å². The van der Waals surface area contributed by atoms with E-state index in [1.807, 2.05) is 38.0 Å². The van der Waals surface area contributed by atoms with Gasteiger partial charge in [0.25, 0.3) is 5.91 Å². The predicted molar refractivity (Wildman–Crippen MR) is 119 cm³/mol. The van der Waals surface area contributed by atoms with Crippen LogP contribution in [0.3, 0.4) is 0 Å². The highest BCUT2D eigenvalue weighted by atomic mass is 32.2. The number of aromatic nitrogens is 2. The first-order valence-electron chi connectivity index (χ1n) is 9.04. The second-order valence-electron chi connectivity index (χ2n) is 7.04. The van der Waals surface area contributed by atoms with E-state index in [0.29, 0.717) is 28.7 Å². The lowest BCUT2D eigenvalue weighted by Gasteiger charge is -2.21. The molecule has 0 atom stereocenters. The van der Waals surface area contributed by atoms with Gasteiger partial charge in [-0.15, -0.1) is 0 Å². The monoisotopic (exact) mass is 422 g/mol. The minimum absolute atomic E-state index is 0.0164. The molecule has 0 bridgehead atoms. The molecule has 1 aliphatic rings. The first kappa shape index (κ1) is 19.9. The molecule has 0 saturated heterocycles. The number of nitrogens with zero attached hydrogens (tertiary/aromatic N) is 4. The number of sulfonamides is 1. The minimum atomic E-state index is -3.76. The van der Waals surface area contributed by atoms with Crippen LogP contribution in [0.4, 0.5) is 28.8 Å². The SMILES string of the molecule is Bc1ccc2c(c1)N(C)c1nc(Nc3ccc(S(N)(=O)=O)cc3)ncc1N(C)C2=O. The second-order valence-corrected chi connectivity index (χ2v) is 8.60. The highest BCUT2D eigenvalue weighted by molar-refractivity contribution is 7.89. The standard InChI is InChI=1S/C19H19BN6O3S/c1-25-15-9-11(20)3-8-14(15)18(27)26(2)16-10-22-19(24-17(16)25)23-12-4-6-13(7-5-12)30(21,28)29/h3-10H,20H2,1-2H3,(H2,21,28,29)(H,22,23,24). The molecule has 3 aromatic rings. The van der Waals surface area contributed by atoms with E-state index in [2.05, 4.69) is 15.3 Å². The Morgan fingerprint density at radius 3 is 2.40 bits per heavy atom. The van der Waals surface area contributed by atoms with E-state index in [-0.39, 0.29) is 10.8 Å². The zero-order valence-corrected chi connectivity index (χ0v) is 17.4. The molecule has 0 spiro atoms. The maximum atomic E-state index is 12.9. The number of fused-ring (bicyclic) bond motifs is 2. The van der Waals surface area contributed by atoms with Gasteiger partial charge in [0.1, 0.15) is 13.5 Å². The summed E-state index contributed by atoms with van der Waals surface area (Å²) in [6.07, 6.45) is 1.58. The van der Waals surface area contributed by atoms with Gasteiger partial charge in [-0.2, -0.15) is 4.98 Å². The molecule has 0 aliphatic carbocycles. The average Bonchev–Trinajstić information content (AvgIpc) is 2.78. The molecular weight excluding hydrogens is 403 g/mol. The van der Waals surface area contributed by atoms with Crippen molar-refractivity contribution in [3.8, 4) is 0 Å². The van der Waals surface area contributed by atoms with Crippen molar-refractivity contribution in [1.82, 2.24) is 9.97 Å². The van der Waals surface area contributed by atoms with Gasteiger partial charge in [-0.1, -0.05) is 11.5 Å². The fraction of sp³-hybridized carbons (Fsp3) is 0.105. The number of anilines is 5. The van der Waals surface area contributed by atoms with E-state index in [0.717, 1.165) is 11.2 Å². The molecule has 0 unspecified atom stereocenters. The zero-order valence-electron chi connectivity index (χ0n) is 16.6. The molecule has 4 rings (SSSR count). The topological polar surface area (TPSA) is 122 Å². The number of carbonyl (C=O) groups excluding carboxylic acids is 1. The molecule has 0 fully saturated rings. The molecule has 3 N–H and O–H groups in total. The Labute approximate surface area is 175 Å². The number of carbonyl (C=O) groups is 1. The summed E-state index contributed by atoms with van der Waals surface area (Å²) >= 11 is 0. The lowest BCUT2D eigenvalue weighted by atomic mass is 9.93. The van der Waals surface area contributed by atoms with Crippen LogP contribution in [0.25, 0.3) is 0 Å². The molecule has 11 heteroatoms. The van der Waals surface area contributed by atoms with Gasteiger partial charge >= 0.3 is 0 Å². The fourth-order valence-electron chi connectivity index (χ4n) is 3.27. The normalized spacial score (nSPS) is 13.5. The summed E-state index contributed by atoms with van der Waals surface area (Å²) in [5.74, 6) is 0.730. The highest BCUT2D eigenvalue weighted by Gasteiger charge is 2.29. The maximum Gasteiger partial charge on any atom is 0.260 e. The molecule has 2 aromatic carbocycles. The third-order valence-electron chi connectivity index (χ3n) is 4.92. The number of primary sulfonamides is 1. The van der Waals surface area contributed by atoms with Crippen LogP contribution >= 0.6 is 0 Å². The Bertz CT molecular complexity index is 1260. The van der Waals surface area contributed by atoms with Crippen molar-refractivity contribution in [2.24, 2.45) is 5.14 Å². The Hall–Kier alpha value is -3.44. The van der Waals surface area contributed by atoms with Gasteiger partial charge in [-0.05, 0) is 36.4 Å². The molecule has 1 aliphatic heterocycles. The van der Waals surface area contributed by atoms with E-state index in [1.54, 1.807) is 25.4 Å². The Morgan fingerprint density at radius 1 is 1.03 bits per heavy atom.